The molecule has 4 rings (SSSR count). The Labute approximate surface area is 145 Å². The van der Waals surface area contributed by atoms with Crippen molar-refractivity contribution in [1.29, 1.82) is 0 Å². The summed E-state index contributed by atoms with van der Waals surface area (Å²) >= 11 is 1.88. The number of para-hydroxylation sites is 1. The van der Waals surface area contributed by atoms with Gasteiger partial charge >= 0.3 is 0 Å². The first-order chi connectivity index (χ1) is 11.9. The van der Waals surface area contributed by atoms with E-state index in [9.17, 15) is 0 Å². The number of nitrogens with zero attached hydrogens (tertiary/aromatic N) is 3. The molecule has 0 bridgehead atoms. The highest BCUT2D eigenvalue weighted by molar-refractivity contribution is 7.99. The maximum Gasteiger partial charge on any atom is 0.113 e. The quantitative estimate of drug-likeness (QED) is 0.440. The van der Waals surface area contributed by atoms with Gasteiger partial charge in [-0.1, -0.05) is 78.9 Å². The summed E-state index contributed by atoms with van der Waals surface area (Å²) in [6, 6.07) is 23.2. The Morgan fingerprint density at radius 1 is 0.958 bits per heavy atom. The van der Waals surface area contributed by atoms with E-state index in [1.165, 1.54) is 15.7 Å². The average Bonchev–Trinajstić information content (AvgIpc) is 3.06. The molecule has 4 aromatic rings. The van der Waals surface area contributed by atoms with Crippen LogP contribution in [0.25, 0.3) is 21.8 Å². The van der Waals surface area contributed by atoms with E-state index in [-0.39, 0.29) is 5.37 Å². The zero-order valence-corrected chi connectivity index (χ0v) is 14.4. The Kier molecular flexibility index (Phi) is 4.22. The van der Waals surface area contributed by atoms with E-state index >= 15 is 0 Å². The van der Waals surface area contributed by atoms with Gasteiger partial charge in [-0.3, -0.25) is 0 Å². The van der Waals surface area contributed by atoms with Crippen molar-refractivity contribution in [3.63, 3.8) is 0 Å². The van der Waals surface area contributed by atoms with Gasteiger partial charge in [-0.05, 0) is 35.4 Å². The van der Waals surface area contributed by atoms with Crippen molar-refractivity contribution in [2.45, 2.75) is 30.0 Å². The van der Waals surface area contributed by atoms with Gasteiger partial charge < -0.3 is 0 Å². The van der Waals surface area contributed by atoms with Crippen LogP contribution in [0.3, 0.4) is 0 Å². The lowest BCUT2D eigenvalue weighted by Crippen LogP contribution is -2.07. The maximum absolute atomic E-state index is 4.44. The average molecular weight is 333 g/mol. The van der Waals surface area contributed by atoms with Gasteiger partial charge in [-0.2, -0.15) is 0 Å². The summed E-state index contributed by atoms with van der Waals surface area (Å²) in [6.45, 7) is 2.22. The van der Waals surface area contributed by atoms with Gasteiger partial charge in [0.25, 0.3) is 0 Å². The molecule has 0 spiro atoms. The van der Waals surface area contributed by atoms with Gasteiger partial charge in [0.2, 0.25) is 0 Å². The number of hydrogen-bond donors (Lipinski definition) is 0. The zero-order chi connectivity index (χ0) is 16.4. The molecule has 3 nitrogen and oxygen atoms in total. The molecule has 0 radical (unpaired) electrons. The number of thioether (sulfide) groups is 1. The van der Waals surface area contributed by atoms with E-state index < -0.39 is 0 Å². The van der Waals surface area contributed by atoms with E-state index in [4.69, 9.17) is 0 Å². The molecule has 0 aliphatic heterocycles. The minimum Gasteiger partial charge on any atom is -0.231 e. The Hall–Kier alpha value is -2.33. The van der Waals surface area contributed by atoms with Crippen LogP contribution in [0.5, 0.6) is 0 Å². The molecule has 0 aliphatic rings. The SMILES string of the molecule is CCCC(Sc1cccc2ccccc12)n1nnc2ccccc21. The van der Waals surface area contributed by atoms with Crippen LogP contribution in [-0.2, 0) is 0 Å². The topological polar surface area (TPSA) is 30.7 Å². The second-order valence-corrected chi connectivity index (χ2v) is 7.08. The van der Waals surface area contributed by atoms with Crippen molar-refractivity contribution in [2.24, 2.45) is 0 Å². The molecular weight excluding hydrogens is 314 g/mol. The van der Waals surface area contributed by atoms with Gasteiger partial charge in [-0.25, -0.2) is 4.68 Å². The fourth-order valence-electron chi connectivity index (χ4n) is 3.02. The smallest absolute Gasteiger partial charge is 0.113 e. The number of hydrogen-bond acceptors (Lipinski definition) is 3. The molecular formula is C20H19N3S. The summed E-state index contributed by atoms with van der Waals surface area (Å²) in [5.74, 6) is 0. The summed E-state index contributed by atoms with van der Waals surface area (Å²) in [5, 5.41) is 11.6. The minimum absolute atomic E-state index is 0.244. The number of benzene rings is 3. The summed E-state index contributed by atoms with van der Waals surface area (Å²) in [7, 11) is 0. The lowest BCUT2D eigenvalue weighted by atomic mass is 10.1. The Balaban J connectivity index is 1.76. The molecule has 1 heterocycles. The lowest BCUT2D eigenvalue weighted by molar-refractivity contribution is 0.552. The molecule has 24 heavy (non-hydrogen) atoms. The molecule has 0 saturated carbocycles. The van der Waals surface area contributed by atoms with Crippen LogP contribution in [0, 0.1) is 0 Å². The third kappa shape index (κ3) is 2.78. The summed E-state index contributed by atoms with van der Waals surface area (Å²) in [4.78, 5) is 1.30. The number of fused-ring (bicyclic) bond motifs is 2. The third-order valence-corrected chi connectivity index (χ3v) is 5.52. The van der Waals surface area contributed by atoms with Gasteiger partial charge in [-0.15, -0.1) is 5.10 Å². The molecule has 0 fully saturated rings. The summed E-state index contributed by atoms with van der Waals surface area (Å²) in [5.41, 5.74) is 2.06. The fraction of sp³-hybridized carbons (Fsp3) is 0.200. The first-order valence-corrected chi connectivity index (χ1v) is 9.19. The first kappa shape index (κ1) is 15.2. The summed E-state index contributed by atoms with van der Waals surface area (Å²) < 4.78 is 2.07. The van der Waals surface area contributed by atoms with Gasteiger partial charge in [0.15, 0.2) is 0 Å². The van der Waals surface area contributed by atoms with E-state index in [1.807, 2.05) is 30.0 Å². The third-order valence-electron chi connectivity index (χ3n) is 4.20. The molecule has 1 aromatic heterocycles. The van der Waals surface area contributed by atoms with Crippen molar-refractivity contribution >= 4 is 33.6 Å². The Morgan fingerprint density at radius 2 is 1.75 bits per heavy atom. The van der Waals surface area contributed by atoms with Crippen molar-refractivity contribution in [1.82, 2.24) is 15.0 Å². The molecule has 0 saturated heterocycles. The Bertz CT molecular complexity index is 971. The Morgan fingerprint density at radius 3 is 2.67 bits per heavy atom. The van der Waals surface area contributed by atoms with Crippen LogP contribution in [0.1, 0.15) is 25.1 Å². The highest BCUT2D eigenvalue weighted by atomic mass is 32.2. The molecule has 1 atom stereocenters. The molecule has 1 unspecified atom stereocenters. The normalized spacial score (nSPS) is 12.7. The van der Waals surface area contributed by atoms with Crippen LogP contribution in [0.15, 0.2) is 71.6 Å². The summed E-state index contributed by atoms with van der Waals surface area (Å²) in [6.07, 6.45) is 2.16. The lowest BCUT2D eigenvalue weighted by Gasteiger charge is -2.18. The van der Waals surface area contributed by atoms with Crippen LogP contribution in [0.2, 0.25) is 0 Å². The van der Waals surface area contributed by atoms with Crippen molar-refractivity contribution in [3.05, 3.63) is 66.7 Å². The van der Waals surface area contributed by atoms with Crippen LogP contribution < -0.4 is 0 Å². The zero-order valence-electron chi connectivity index (χ0n) is 13.6. The van der Waals surface area contributed by atoms with Gasteiger partial charge in [0, 0.05) is 4.90 Å². The van der Waals surface area contributed by atoms with E-state index in [2.05, 4.69) is 70.4 Å². The minimum atomic E-state index is 0.244. The first-order valence-electron chi connectivity index (χ1n) is 8.31. The van der Waals surface area contributed by atoms with Crippen LogP contribution in [-0.4, -0.2) is 15.0 Å². The van der Waals surface area contributed by atoms with Gasteiger partial charge in [0.05, 0.1) is 5.52 Å². The van der Waals surface area contributed by atoms with E-state index in [1.54, 1.807) is 0 Å². The molecule has 4 heteroatoms. The predicted octanol–water partition coefficient (Wildman–Crippen LogP) is 5.68. The molecule has 0 amide bonds. The molecule has 120 valence electrons. The second kappa shape index (κ2) is 6.65. The van der Waals surface area contributed by atoms with Crippen molar-refractivity contribution in [3.8, 4) is 0 Å². The van der Waals surface area contributed by atoms with E-state index in [0.29, 0.717) is 0 Å². The highest BCUT2D eigenvalue weighted by Crippen LogP contribution is 2.39. The maximum atomic E-state index is 4.44. The van der Waals surface area contributed by atoms with Crippen molar-refractivity contribution < 1.29 is 0 Å². The largest absolute Gasteiger partial charge is 0.231 e. The standard InChI is InChI=1S/C20H19N3S/c1-2-8-20(23-18-13-6-5-12-17(18)21-22-23)24-19-14-7-10-15-9-3-4-11-16(15)19/h3-7,9-14,20H,2,8H2,1H3. The van der Waals surface area contributed by atoms with Crippen LogP contribution >= 0.6 is 11.8 Å². The van der Waals surface area contributed by atoms with E-state index in [0.717, 1.165) is 23.9 Å². The molecule has 0 aliphatic carbocycles. The van der Waals surface area contributed by atoms with Crippen molar-refractivity contribution in [2.75, 3.05) is 0 Å². The molecule has 0 N–H and O–H groups in total. The molecule has 3 aromatic carbocycles. The van der Waals surface area contributed by atoms with Gasteiger partial charge in [0.1, 0.15) is 10.9 Å². The monoisotopic (exact) mass is 333 g/mol. The predicted molar refractivity (Wildman–Crippen MR) is 101 cm³/mol. The van der Waals surface area contributed by atoms with Crippen LogP contribution in [0.4, 0.5) is 0 Å². The fourth-order valence-corrected chi connectivity index (χ4v) is 4.40. The number of rotatable bonds is 5. The second-order valence-electron chi connectivity index (χ2n) is 5.86. The highest BCUT2D eigenvalue weighted by Gasteiger charge is 2.17. The number of aromatic nitrogens is 3.